The molecular formula is C11H23N. The molecule has 0 saturated carbocycles. The normalized spacial score (nSPS) is 31.8. The van der Waals surface area contributed by atoms with Crippen molar-refractivity contribution in [2.45, 2.75) is 46.1 Å². The lowest BCUT2D eigenvalue weighted by Crippen LogP contribution is -2.29. The molecule has 0 aromatic rings. The van der Waals surface area contributed by atoms with Crippen molar-refractivity contribution in [1.82, 2.24) is 4.90 Å². The van der Waals surface area contributed by atoms with Crippen LogP contribution in [0.1, 0.15) is 40.0 Å². The third-order valence-corrected chi connectivity index (χ3v) is 3.15. The van der Waals surface area contributed by atoms with E-state index in [0.717, 1.165) is 17.9 Å². The molecule has 0 aromatic carbocycles. The lowest BCUT2D eigenvalue weighted by atomic mass is 9.95. The Morgan fingerprint density at radius 2 is 2.08 bits per heavy atom. The summed E-state index contributed by atoms with van der Waals surface area (Å²) in [5.74, 6) is 1.81. The number of rotatable bonds is 3. The molecule has 2 atom stereocenters. The fraction of sp³-hybridized carbons (Fsp3) is 1.00. The first-order chi connectivity index (χ1) is 5.65. The van der Waals surface area contributed by atoms with Crippen LogP contribution in [0.4, 0.5) is 0 Å². The molecule has 0 N–H and O–H groups in total. The Bertz CT molecular complexity index is 131. The summed E-state index contributed by atoms with van der Waals surface area (Å²) in [6.07, 6.45) is 4.21. The Morgan fingerprint density at radius 3 is 2.50 bits per heavy atom. The van der Waals surface area contributed by atoms with Gasteiger partial charge in [0.25, 0.3) is 0 Å². The van der Waals surface area contributed by atoms with Gasteiger partial charge in [0.2, 0.25) is 0 Å². The molecule has 1 nitrogen and oxygen atoms in total. The van der Waals surface area contributed by atoms with Gasteiger partial charge in [-0.05, 0) is 31.7 Å². The molecule has 0 unspecified atom stereocenters. The molecule has 1 aliphatic heterocycles. The van der Waals surface area contributed by atoms with Crippen LogP contribution in [0.25, 0.3) is 0 Å². The summed E-state index contributed by atoms with van der Waals surface area (Å²) in [5, 5.41) is 0. The average Bonchev–Trinajstić information content (AvgIpc) is 2.32. The summed E-state index contributed by atoms with van der Waals surface area (Å²) in [5.41, 5.74) is 0. The summed E-state index contributed by atoms with van der Waals surface area (Å²) >= 11 is 0. The second-order valence-electron chi connectivity index (χ2n) is 4.64. The summed E-state index contributed by atoms with van der Waals surface area (Å²) in [6.45, 7) is 8.31. The summed E-state index contributed by atoms with van der Waals surface area (Å²) in [4.78, 5) is 2.55. The molecule has 1 heterocycles. The molecule has 0 amide bonds. The first-order valence-corrected chi connectivity index (χ1v) is 5.35. The van der Waals surface area contributed by atoms with Crippen molar-refractivity contribution in [1.29, 1.82) is 0 Å². The van der Waals surface area contributed by atoms with Gasteiger partial charge < -0.3 is 4.90 Å². The Balaban J connectivity index is 2.39. The molecule has 0 aromatic heterocycles. The quantitative estimate of drug-likeness (QED) is 0.628. The van der Waals surface area contributed by atoms with E-state index in [0.29, 0.717) is 0 Å². The fourth-order valence-electron chi connectivity index (χ4n) is 2.54. The second kappa shape index (κ2) is 4.27. The molecule has 1 rings (SSSR count). The van der Waals surface area contributed by atoms with Gasteiger partial charge in [-0.3, -0.25) is 0 Å². The zero-order valence-corrected chi connectivity index (χ0v) is 9.01. The minimum Gasteiger partial charge on any atom is -0.303 e. The third kappa shape index (κ3) is 2.22. The molecular weight excluding hydrogens is 146 g/mol. The van der Waals surface area contributed by atoms with Crippen LogP contribution in [0.15, 0.2) is 0 Å². The lowest BCUT2D eigenvalue weighted by Gasteiger charge is -2.22. The highest BCUT2D eigenvalue weighted by atomic mass is 15.2. The van der Waals surface area contributed by atoms with Gasteiger partial charge in [-0.1, -0.05) is 27.2 Å². The van der Waals surface area contributed by atoms with Crippen molar-refractivity contribution in [2.75, 3.05) is 13.6 Å². The first-order valence-electron chi connectivity index (χ1n) is 5.35. The summed E-state index contributed by atoms with van der Waals surface area (Å²) in [6, 6.07) is 0.849. The van der Waals surface area contributed by atoms with Crippen LogP contribution in [0.2, 0.25) is 0 Å². The number of hydrogen-bond donors (Lipinski definition) is 0. The van der Waals surface area contributed by atoms with E-state index in [1.165, 1.54) is 25.8 Å². The van der Waals surface area contributed by atoms with Crippen molar-refractivity contribution in [3.05, 3.63) is 0 Å². The van der Waals surface area contributed by atoms with Crippen molar-refractivity contribution < 1.29 is 0 Å². The lowest BCUT2D eigenvalue weighted by molar-refractivity contribution is 0.249. The van der Waals surface area contributed by atoms with Crippen LogP contribution in [-0.4, -0.2) is 24.5 Å². The van der Waals surface area contributed by atoms with Crippen LogP contribution in [-0.2, 0) is 0 Å². The average molecular weight is 169 g/mol. The van der Waals surface area contributed by atoms with Gasteiger partial charge in [-0.15, -0.1) is 0 Å². The van der Waals surface area contributed by atoms with Crippen molar-refractivity contribution in [3.8, 4) is 0 Å². The van der Waals surface area contributed by atoms with Crippen molar-refractivity contribution >= 4 is 0 Å². The maximum Gasteiger partial charge on any atom is 0.0118 e. The zero-order chi connectivity index (χ0) is 9.14. The molecule has 12 heavy (non-hydrogen) atoms. The highest BCUT2D eigenvalue weighted by molar-refractivity contribution is 4.84. The van der Waals surface area contributed by atoms with E-state index in [-0.39, 0.29) is 0 Å². The highest BCUT2D eigenvalue weighted by Gasteiger charge is 2.30. The zero-order valence-electron chi connectivity index (χ0n) is 9.01. The molecule has 0 spiro atoms. The van der Waals surface area contributed by atoms with Crippen LogP contribution in [0.5, 0.6) is 0 Å². The van der Waals surface area contributed by atoms with Gasteiger partial charge >= 0.3 is 0 Å². The smallest absolute Gasteiger partial charge is 0.0118 e. The molecule has 1 fully saturated rings. The van der Waals surface area contributed by atoms with Crippen LogP contribution in [0.3, 0.4) is 0 Å². The topological polar surface area (TPSA) is 3.24 Å². The number of nitrogens with zero attached hydrogens (tertiary/aromatic N) is 1. The van der Waals surface area contributed by atoms with Gasteiger partial charge in [-0.25, -0.2) is 0 Å². The maximum absolute atomic E-state index is 2.55. The van der Waals surface area contributed by atoms with E-state index in [1.54, 1.807) is 0 Å². The molecule has 72 valence electrons. The van der Waals surface area contributed by atoms with E-state index in [1.807, 2.05) is 0 Å². The van der Waals surface area contributed by atoms with E-state index < -0.39 is 0 Å². The fourth-order valence-corrected chi connectivity index (χ4v) is 2.54. The van der Waals surface area contributed by atoms with Crippen LogP contribution >= 0.6 is 0 Å². The van der Waals surface area contributed by atoms with E-state index >= 15 is 0 Å². The highest BCUT2D eigenvalue weighted by Crippen LogP contribution is 2.29. The Morgan fingerprint density at radius 1 is 1.42 bits per heavy atom. The molecule has 1 aliphatic rings. The van der Waals surface area contributed by atoms with Gasteiger partial charge in [0.15, 0.2) is 0 Å². The molecule has 1 saturated heterocycles. The Hall–Kier alpha value is -0.0400. The minimum absolute atomic E-state index is 0.830. The van der Waals surface area contributed by atoms with E-state index in [4.69, 9.17) is 0 Å². The van der Waals surface area contributed by atoms with E-state index in [2.05, 4.69) is 32.7 Å². The van der Waals surface area contributed by atoms with Crippen molar-refractivity contribution in [3.63, 3.8) is 0 Å². The van der Waals surface area contributed by atoms with Gasteiger partial charge in [0.05, 0.1) is 0 Å². The second-order valence-corrected chi connectivity index (χ2v) is 4.64. The number of hydrogen-bond acceptors (Lipinski definition) is 1. The predicted octanol–water partition coefficient (Wildman–Crippen LogP) is 2.76. The van der Waals surface area contributed by atoms with Crippen molar-refractivity contribution in [2.24, 2.45) is 11.8 Å². The van der Waals surface area contributed by atoms with Gasteiger partial charge in [0, 0.05) is 12.6 Å². The summed E-state index contributed by atoms with van der Waals surface area (Å²) in [7, 11) is 2.28. The largest absolute Gasteiger partial charge is 0.303 e. The molecule has 0 bridgehead atoms. The summed E-state index contributed by atoms with van der Waals surface area (Å²) < 4.78 is 0. The molecule has 0 aliphatic carbocycles. The number of likely N-dealkylation sites (tertiary alicyclic amines) is 1. The molecule has 0 radical (unpaired) electrons. The standard InChI is InChI=1S/C11H23N/c1-5-6-10-7-11(9(2)3)12(4)8-10/h9-11H,5-8H2,1-4H3/t10-,11-/m0/s1. The van der Waals surface area contributed by atoms with Crippen LogP contribution in [0, 0.1) is 11.8 Å². The minimum atomic E-state index is 0.830. The SMILES string of the molecule is CCC[C@H]1C[C@@H](C(C)C)N(C)C1. The molecule has 1 heteroatoms. The van der Waals surface area contributed by atoms with E-state index in [9.17, 15) is 0 Å². The Kier molecular flexibility index (Phi) is 3.57. The van der Waals surface area contributed by atoms with Crippen LogP contribution < -0.4 is 0 Å². The Labute approximate surface area is 77.1 Å². The third-order valence-electron chi connectivity index (χ3n) is 3.15. The van der Waals surface area contributed by atoms with Gasteiger partial charge in [0.1, 0.15) is 0 Å². The first kappa shape index (κ1) is 10.0. The van der Waals surface area contributed by atoms with Gasteiger partial charge in [-0.2, -0.15) is 0 Å². The maximum atomic E-state index is 2.55. The predicted molar refractivity (Wildman–Crippen MR) is 54.3 cm³/mol. The monoisotopic (exact) mass is 169 g/mol.